The summed E-state index contributed by atoms with van der Waals surface area (Å²) >= 11 is 0. The molecule has 0 saturated heterocycles. The number of sulfonamides is 1. The number of aromatic hydroxyl groups is 1. The van der Waals surface area contributed by atoms with Crippen molar-refractivity contribution < 1.29 is 27.9 Å². The molecule has 0 aromatic heterocycles. The van der Waals surface area contributed by atoms with Crippen LogP contribution in [0.1, 0.15) is 69.9 Å². The van der Waals surface area contributed by atoms with Crippen LogP contribution in [0.3, 0.4) is 0 Å². The third kappa shape index (κ3) is 6.38. The van der Waals surface area contributed by atoms with E-state index in [-0.39, 0.29) is 22.8 Å². The first-order valence-corrected chi connectivity index (χ1v) is 13.5. The summed E-state index contributed by atoms with van der Waals surface area (Å²) in [6.45, 7) is -0.456. The van der Waals surface area contributed by atoms with Crippen LogP contribution >= 0.6 is 0 Å². The molecule has 36 heavy (non-hydrogen) atoms. The minimum absolute atomic E-state index is 0.0673. The summed E-state index contributed by atoms with van der Waals surface area (Å²) in [5.41, 5.74) is 2.07. The van der Waals surface area contributed by atoms with Crippen LogP contribution in [0.5, 0.6) is 5.75 Å². The number of hydrogen-bond donors (Lipinski definition) is 2. The van der Waals surface area contributed by atoms with Gasteiger partial charge in [-0.3, -0.25) is 4.79 Å². The quantitative estimate of drug-likeness (QED) is 0.313. The molecule has 0 aliphatic heterocycles. The second-order valence-electron chi connectivity index (χ2n) is 8.95. The number of rotatable bonds is 9. The number of hydrogen-bond acceptors (Lipinski definition) is 6. The number of phenolic OH excluding ortho intramolecular Hbond substituents is 1. The molecule has 3 aromatic carbocycles. The van der Waals surface area contributed by atoms with Crippen molar-refractivity contribution in [3.8, 4) is 5.75 Å². The monoisotopic (exact) mass is 507 g/mol. The number of esters is 1. The average Bonchev–Trinajstić information content (AvgIpc) is 2.92. The molecule has 1 aliphatic rings. The van der Waals surface area contributed by atoms with Gasteiger partial charge in [-0.2, -0.15) is 0 Å². The Morgan fingerprint density at radius 1 is 0.917 bits per heavy atom. The van der Waals surface area contributed by atoms with Crippen LogP contribution in [0, 0.1) is 0 Å². The minimum Gasteiger partial charge on any atom is -0.507 e. The molecule has 4 rings (SSSR count). The number of phenols is 1. The van der Waals surface area contributed by atoms with Gasteiger partial charge in [-0.1, -0.05) is 73.9 Å². The Kier molecular flexibility index (Phi) is 8.18. The van der Waals surface area contributed by atoms with E-state index in [1.807, 2.05) is 18.2 Å². The summed E-state index contributed by atoms with van der Waals surface area (Å²) in [6, 6.07) is 19.7. The Balaban J connectivity index is 1.38. The van der Waals surface area contributed by atoms with E-state index < -0.39 is 28.3 Å². The first-order chi connectivity index (χ1) is 17.3. The van der Waals surface area contributed by atoms with E-state index in [0.29, 0.717) is 11.5 Å². The van der Waals surface area contributed by atoms with Crippen molar-refractivity contribution in [1.82, 2.24) is 4.72 Å². The third-order valence-electron chi connectivity index (χ3n) is 6.45. The molecule has 0 radical (unpaired) electrons. The molecule has 1 fully saturated rings. The standard InChI is InChI=1S/C28H29NO6S/c30-26-16-15-24(36(33,34)29-18-20-7-3-1-4-8-20)17-25(26)28(32)35-19-27(31)23-13-11-22(12-14-23)21-9-5-2-6-10-21/h1,3-4,7-8,11-17,21,29-30H,2,5-6,9-10,18-19H2. The number of nitrogens with one attached hydrogen (secondary N) is 1. The maximum Gasteiger partial charge on any atom is 0.342 e. The molecular formula is C28H29NO6S. The zero-order valence-electron chi connectivity index (χ0n) is 19.9. The first-order valence-electron chi connectivity index (χ1n) is 12.0. The van der Waals surface area contributed by atoms with Crippen LogP contribution in [-0.4, -0.2) is 31.9 Å². The Hall–Kier alpha value is -3.49. The first kappa shape index (κ1) is 25.6. The second kappa shape index (κ2) is 11.5. The van der Waals surface area contributed by atoms with Gasteiger partial charge in [0.1, 0.15) is 11.3 Å². The lowest BCUT2D eigenvalue weighted by atomic mass is 9.84. The fourth-order valence-electron chi connectivity index (χ4n) is 4.37. The van der Waals surface area contributed by atoms with E-state index in [0.717, 1.165) is 30.5 Å². The molecule has 1 aliphatic carbocycles. The molecule has 0 atom stereocenters. The van der Waals surface area contributed by atoms with Gasteiger partial charge in [0.2, 0.25) is 10.0 Å². The lowest BCUT2D eigenvalue weighted by Gasteiger charge is -2.22. The SMILES string of the molecule is O=C(COC(=O)c1cc(S(=O)(=O)NCc2ccccc2)ccc1O)c1ccc(C2CCCCC2)cc1. The predicted octanol–water partition coefficient (Wildman–Crippen LogP) is 4.96. The van der Waals surface area contributed by atoms with Crippen LogP contribution in [0.4, 0.5) is 0 Å². The molecule has 0 bridgehead atoms. The van der Waals surface area contributed by atoms with Gasteiger partial charge in [-0.05, 0) is 48.1 Å². The van der Waals surface area contributed by atoms with Crippen LogP contribution in [-0.2, 0) is 21.3 Å². The normalized spacial score (nSPS) is 14.3. The molecule has 0 spiro atoms. The highest BCUT2D eigenvalue weighted by Gasteiger charge is 2.21. The van der Waals surface area contributed by atoms with Crippen LogP contribution in [0.15, 0.2) is 77.7 Å². The summed E-state index contributed by atoms with van der Waals surface area (Å²) in [4.78, 5) is 24.9. The summed E-state index contributed by atoms with van der Waals surface area (Å²) < 4.78 is 32.9. The fraction of sp³-hybridized carbons (Fsp3) is 0.286. The molecule has 0 heterocycles. The molecule has 0 amide bonds. The molecular weight excluding hydrogens is 478 g/mol. The Morgan fingerprint density at radius 3 is 2.31 bits per heavy atom. The molecule has 3 aromatic rings. The molecule has 0 unspecified atom stereocenters. The highest BCUT2D eigenvalue weighted by atomic mass is 32.2. The van der Waals surface area contributed by atoms with Crippen molar-refractivity contribution in [1.29, 1.82) is 0 Å². The molecule has 1 saturated carbocycles. The highest BCUT2D eigenvalue weighted by molar-refractivity contribution is 7.89. The van der Waals surface area contributed by atoms with Gasteiger partial charge in [0, 0.05) is 12.1 Å². The van der Waals surface area contributed by atoms with Crippen molar-refractivity contribution in [3.05, 3.63) is 95.1 Å². The Bertz CT molecular complexity index is 1310. The van der Waals surface area contributed by atoms with Crippen molar-refractivity contribution in [3.63, 3.8) is 0 Å². The van der Waals surface area contributed by atoms with Gasteiger partial charge in [-0.15, -0.1) is 0 Å². The summed E-state index contributed by atoms with van der Waals surface area (Å²) in [7, 11) is -3.95. The number of carbonyl (C=O) groups excluding carboxylic acids is 2. The number of benzene rings is 3. The zero-order valence-corrected chi connectivity index (χ0v) is 20.7. The predicted molar refractivity (Wildman–Crippen MR) is 135 cm³/mol. The van der Waals surface area contributed by atoms with Crippen LogP contribution < -0.4 is 4.72 Å². The van der Waals surface area contributed by atoms with Gasteiger partial charge in [0.05, 0.1) is 4.90 Å². The summed E-state index contributed by atoms with van der Waals surface area (Å²) in [5, 5.41) is 10.1. The van der Waals surface area contributed by atoms with Crippen LogP contribution in [0.25, 0.3) is 0 Å². The van der Waals surface area contributed by atoms with E-state index in [1.165, 1.54) is 30.9 Å². The molecule has 7 nitrogen and oxygen atoms in total. The van der Waals surface area contributed by atoms with Crippen molar-refractivity contribution >= 4 is 21.8 Å². The van der Waals surface area contributed by atoms with Crippen LogP contribution in [0.2, 0.25) is 0 Å². The van der Waals surface area contributed by atoms with E-state index in [1.54, 1.807) is 36.4 Å². The summed E-state index contributed by atoms with van der Waals surface area (Å²) in [6.07, 6.45) is 6.03. The number of ketones is 1. The third-order valence-corrected chi connectivity index (χ3v) is 7.85. The van der Waals surface area contributed by atoms with Gasteiger partial charge < -0.3 is 9.84 Å². The molecule has 2 N–H and O–H groups in total. The minimum atomic E-state index is -3.95. The van der Waals surface area contributed by atoms with Gasteiger partial charge in [-0.25, -0.2) is 17.9 Å². The van der Waals surface area contributed by atoms with Gasteiger partial charge in [0.25, 0.3) is 0 Å². The fourth-order valence-corrected chi connectivity index (χ4v) is 5.42. The smallest absolute Gasteiger partial charge is 0.342 e. The van der Waals surface area contributed by atoms with E-state index in [4.69, 9.17) is 4.74 Å². The van der Waals surface area contributed by atoms with Crippen molar-refractivity contribution in [2.45, 2.75) is 49.5 Å². The average molecular weight is 508 g/mol. The molecule has 188 valence electrons. The maximum atomic E-state index is 12.7. The van der Waals surface area contributed by atoms with E-state index >= 15 is 0 Å². The highest BCUT2D eigenvalue weighted by Crippen LogP contribution is 2.32. The maximum absolute atomic E-state index is 12.7. The largest absolute Gasteiger partial charge is 0.507 e. The lowest BCUT2D eigenvalue weighted by molar-refractivity contribution is 0.0471. The summed E-state index contributed by atoms with van der Waals surface area (Å²) in [5.74, 6) is -1.29. The Labute approximate surface area is 211 Å². The zero-order chi connectivity index (χ0) is 25.5. The number of carbonyl (C=O) groups is 2. The van der Waals surface area contributed by atoms with E-state index in [2.05, 4.69) is 4.72 Å². The van der Waals surface area contributed by atoms with Crippen molar-refractivity contribution in [2.24, 2.45) is 0 Å². The van der Waals surface area contributed by atoms with Gasteiger partial charge in [0.15, 0.2) is 12.4 Å². The topological polar surface area (TPSA) is 110 Å². The van der Waals surface area contributed by atoms with Gasteiger partial charge >= 0.3 is 5.97 Å². The second-order valence-corrected chi connectivity index (χ2v) is 10.7. The van der Waals surface area contributed by atoms with Crippen molar-refractivity contribution in [2.75, 3.05) is 6.61 Å². The Morgan fingerprint density at radius 2 is 1.61 bits per heavy atom. The number of Topliss-reactive ketones (excluding diaryl/α,β-unsaturated/α-hetero) is 1. The molecule has 8 heteroatoms. The van der Waals surface area contributed by atoms with E-state index in [9.17, 15) is 23.1 Å². The lowest BCUT2D eigenvalue weighted by Crippen LogP contribution is -2.23. The number of ether oxygens (including phenoxy) is 1.